The van der Waals surface area contributed by atoms with Crippen LogP contribution in [0.2, 0.25) is 0 Å². The highest BCUT2D eigenvalue weighted by molar-refractivity contribution is 5.44. The molecule has 2 rings (SSSR count). The molecular weight excluding hydrogens is 266 g/mol. The minimum Gasteiger partial charge on any atom is -0.454 e. The number of hydrogen-bond donors (Lipinski definition) is 1. The van der Waals surface area contributed by atoms with Gasteiger partial charge in [0.15, 0.2) is 11.5 Å². The zero-order valence-electron chi connectivity index (χ0n) is 13.6. The number of benzene rings is 1. The van der Waals surface area contributed by atoms with E-state index in [1.165, 1.54) is 5.56 Å². The maximum atomic E-state index is 5.70. The number of nitrogens with one attached hydrogen (secondary N) is 1. The van der Waals surface area contributed by atoms with E-state index in [4.69, 9.17) is 14.2 Å². The van der Waals surface area contributed by atoms with Crippen molar-refractivity contribution < 1.29 is 14.2 Å². The average Bonchev–Trinajstić information content (AvgIpc) is 2.90. The highest BCUT2D eigenvalue weighted by atomic mass is 16.7. The first-order chi connectivity index (χ1) is 10.00. The number of ether oxygens (including phenoxy) is 3. The van der Waals surface area contributed by atoms with Crippen LogP contribution >= 0.6 is 0 Å². The zero-order valence-corrected chi connectivity index (χ0v) is 13.6. The molecule has 1 atom stereocenters. The largest absolute Gasteiger partial charge is 0.454 e. The molecule has 1 N–H and O–H groups in total. The van der Waals surface area contributed by atoms with E-state index in [-0.39, 0.29) is 5.60 Å². The summed E-state index contributed by atoms with van der Waals surface area (Å²) in [5, 5.41) is 3.55. The Morgan fingerprint density at radius 2 is 2.05 bits per heavy atom. The van der Waals surface area contributed by atoms with Crippen molar-refractivity contribution in [1.82, 2.24) is 5.32 Å². The molecule has 0 radical (unpaired) electrons. The third kappa shape index (κ3) is 4.90. The van der Waals surface area contributed by atoms with Gasteiger partial charge < -0.3 is 19.5 Å². The lowest BCUT2D eigenvalue weighted by atomic mass is 10.0. The fraction of sp³-hybridized carbons (Fsp3) is 0.647. The summed E-state index contributed by atoms with van der Waals surface area (Å²) in [4.78, 5) is 0. The van der Waals surface area contributed by atoms with Gasteiger partial charge in [-0.05, 0) is 58.2 Å². The van der Waals surface area contributed by atoms with Gasteiger partial charge in [-0.15, -0.1) is 0 Å². The molecule has 0 saturated carbocycles. The van der Waals surface area contributed by atoms with Gasteiger partial charge in [-0.3, -0.25) is 0 Å². The van der Waals surface area contributed by atoms with Gasteiger partial charge in [-0.2, -0.15) is 0 Å². The molecule has 21 heavy (non-hydrogen) atoms. The molecule has 1 aliphatic heterocycles. The number of rotatable bonds is 8. The van der Waals surface area contributed by atoms with Crippen LogP contribution in [0.1, 0.15) is 39.7 Å². The standard InChI is InChI=1S/C17H27NO3/c1-5-21-17(3,4)11-18-13(2)6-7-14-8-9-15-16(10-14)20-12-19-15/h8-10,13,18H,5-7,11-12H2,1-4H3. The van der Waals surface area contributed by atoms with Crippen LogP contribution in [0.4, 0.5) is 0 Å². The first-order valence-corrected chi connectivity index (χ1v) is 7.76. The molecule has 1 aromatic rings. The van der Waals surface area contributed by atoms with Crippen molar-refractivity contribution in [2.24, 2.45) is 0 Å². The molecule has 4 nitrogen and oxygen atoms in total. The lowest BCUT2D eigenvalue weighted by molar-refractivity contribution is -0.0104. The van der Waals surface area contributed by atoms with E-state index in [2.05, 4.69) is 38.2 Å². The van der Waals surface area contributed by atoms with E-state index in [1.54, 1.807) is 0 Å². The second-order valence-corrected chi connectivity index (χ2v) is 6.20. The fourth-order valence-electron chi connectivity index (χ4n) is 2.44. The highest BCUT2D eigenvalue weighted by Gasteiger charge is 2.18. The first kappa shape index (κ1) is 16.1. The van der Waals surface area contributed by atoms with Crippen molar-refractivity contribution in [3.05, 3.63) is 23.8 Å². The summed E-state index contributed by atoms with van der Waals surface area (Å²) in [5.74, 6) is 1.72. The Kier molecular flexibility index (Phi) is 5.48. The van der Waals surface area contributed by atoms with Crippen LogP contribution in [0.15, 0.2) is 18.2 Å². The van der Waals surface area contributed by atoms with Gasteiger partial charge in [0.05, 0.1) is 5.60 Å². The summed E-state index contributed by atoms with van der Waals surface area (Å²) in [7, 11) is 0. The molecule has 1 aliphatic rings. The Morgan fingerprint density at radius 1 is 1.29 bits per heavy atom. The van der Waals surface area contributed by atoms with E-state index in [1.807, 2.05) is 13.0 Å². The summed E-state index contributed by atoms with van der Waals surface area (Å²) >= 11 is 0. The fourth-order valence-corrected chi connectivity index (χ4v) is 2.44. The molecule has 0 fully saturated rings. The SMILES string of the molecule is CCOC(C)(C)CNC(C)CCc1ccc2c(c1)OCO2. The zero-order chi connectivity index (χ0) is 15.3. The van der Waals surface area contributed by atoms with E-state index in [0.717, 1.165) is 37.5 Å². The van der Waals surface area contributed by atoms with Gasteiger partial charge in [0, 0.05) is 19.2 Å². The van der Waals surface area contributed by atoms with Gasteiger partial charge in [0.2, 0.25) is 6.79 Å². The Labute approximate surface area is 127 Å². The van der Waals surface area contributed by atoms with Gasteiger partial charge >= 0.3 is 0 Å². The summed E-state index contributed by atoms with van der Waals surface area (Å²) in [6, 6.07) is 6.65. The predicted molar refractivity (Wildman–Crippen MR) is 84.1 cm³/mol. The normalized spacial score (nSPS) is 15.2. The second kappa shape index (κ2) is 7.14. The van der Waals surface area contributed by atoms with Crippen molar-refractivity contribution >= 4 is 0 Å². The monoisotopic (exact) mass is 293 g/mol. The van der Waals surface area contributed by atoms with E-state index < -0.39 is 0 Å². The third-order valence-corrected chi connectivity index (χ3v) is 3.71. The molecule has 118 valence electrons. The third-order valence-electron chi connectivity index (χ3n) is 3.71. The van der Waals surface area contributed by atoms with E-state index in [9.17, 15) is 0 Å². The summed E-state index contributed by atoms with van der Waals surface area (Å²) < 4.78 is 16.4. The summed E-state index contributed by atoms with van der Waals surface area (Å²) in [6.45, 7) is 10.4. The first-order valence-electron chi connectivity index (χ1n) is 7.76. The van der Waals surface area contributed by atoms with E-state index >= 15 is 0 Å². The van der Waals surface area contributed by atoms with Crippen molar-refractivity contribution in [2.75, 3.05) is 19.9 Å². The van der Waals surface area contributed by atoms with Crippen LogP contribution in [0.25, 0.3) is 0 Å². The van der Waals surface area contributed by atoms with Crippen LogP contribution in [0.5, 0.6) is 11.5 Å². The minimum atomic E-state index is -0.109. The smallest absolute Gasteiger partial charge is 0.231 e. The minimum absolute atomic E-state index is 0.109. The molecule has 0 aromatic heterocycles. The molecule has 0 saturated heterocycles. The second-order valence-electron chi connectivity index (χ2n) is 6.20. The van der Waals surface area contributed by atoms with Gasteiger partial charge in [0.1, 0.15) is 0 Å². The summed E-state index contributed by atoms with van der Waals surface area (Å²) in [6.07, 6.45) is 2.11. The summed E-state index contributed by atoms with van der Waals surface area (Å²) in [5.41, 5.74) is 1.18. The molecular formula is C17H27NO3. The number of aryl methyl sites for hydroxylation is 1. The van der Waals surface area contributed by atoms with Crippen molar-refractivity contribution in [3.63, 3.8) is 0 Å². The lowest BCUT2D eigenvalue weighted by Gasteiger charge is -2.27. The maximum Gasteiger partial charge on any atom is 0.231 e. The van der Waals surface area contributed by atoms with Crippen molar-refractivity contribution in [3.8, 4) is 11.5 Å². The molecule has 4 heteroatoms. The molecule has 1 unspecified atom stereocenters. The molecule has 0 bridgehead atoms. The van der Waals surface area contributed by atoms with Crippen LogP contribution in [-0.2, 0) is 11.2 Å². The van der Waals surface area contributed by atoms with E-state index in [0.29, 0.717) is 12.8 Å². The Balaban J connectivity index is 1.75. The quantitative estimate of drug-likeness (QED) is 0.799. The van der Waals surface area contributed by atoms with Crippen molar-refractivity contribution in [1.29, 1.82) is 0 Å². The van der Waals surface area contributed by atoms with Crippen LogP contribution in [-0.4, -0.2) is 31.6 Å². The van der Waals surface area contributed by atoms with Crippen LogP contribution < -0.4 is 14.8 Å². The highest BCUT2D eigenvalue weighted by Crippen LogP contribution is 2.32. The average molecular weight is 293 g/mol. The van der Waals surface area contributed by atoms with Gasteiger partial charge in [0.25, 0.3) is 0 Å². The van der Waals surface area contributed by atoms with Crippen LogP contribution in [0.3, 0.4) is 0 Å². The Bertz CT molecular complexity index is 459. The van der Waals surface area contributed by atoms with Crippen molar-refractivity contribution in [2.45, 2.75) is 52.2 Å². The topological polar surface area (TPSA) is 39.7 Å². The Morgan fingerprint density at radius 3 is 2.81 bits per heavy atom. The van der Waals surface area contributed by atoms with Gasteiger partial charge in [-0.1, -0.05) is 6.07 Å². The molecule has 1 heterocycles. The number of hydrogen-bond acceptors (Lipinski definition) is 4. The van der Waals surface area contributed by atoms with Gasteiger partial charge in [-0.25, -0.2) is 0 Å². The maximum absolute atomic E-state index is 5.70. The van der Waals surface area contributed by atoms with Crippen LogP contribution in [0, 0.1) is 0 Å². The molecule has 1 aromatic carbocycles. The Hall–Kier alpha value is -1.26. The number of fused-ring (bicyclic) bond motifs is 1. The molecule has 0 amide bonds. The molecule has 0 aliphatic carbocycles. The molecule has 0 spiro atoms. The lowest BCUT2D eigenvalue weighted by Crippen LogP contribution is -2.41. The predicted octanol–water partition coefficient (Wildman–Crippen LogP) is 3.14.